The van der Waals surface area contributed by atoms with Crippen molar-refractivity contribution in [1.29, 1.82) is 0 Å². The molecular weight excluding hydrogens is 146 g/mol. The molecule has 4 nitrogen and oxygen atoms in total. The van der Waals surface area contributed by atoms with Crippen molar-refractivity contribution >= 4 is 5.91 Å². The van der Waals surface area contributed by atoms with Crippen LogP contribution < -0.4 is 5.32 Å². The molecule has 0 saturated carbocycles. The van der Waals surface area contributed by atoms with Crippen LogP contribution in [0.25, 0.3) is 0 Å². The molecule has 4 heteroatoms. The molecule has 0 aromatic rings. The molecule has 0 aromatic heterocycles. The van der Waals surface area contributed by atoms with E-state index in [1.54, 1.807) is 19.2 Å². The van der Waals surface area contributed by atoms with E-state index in [0.717, 1.165) is 0 Å². The predicted octanol–water partition coefficient (Wildman–Crippen LogP) is 0.134. The third-order valence-electron chi connectivity index (χ3n) is 1.19. The summed E-state index contributed by atoms with van der Waals surface area (Å²) in [5, 5.41) is 2.47. The normalized spacial score (nSPS) is 16.3. The lowest BCUT2D eigenvalue weighted by Gasteiger charge is -1.96. The number of carbonyl (C=O) groups excluding carboxylic acids is 1. The molecule has 1 N–H and O–H groups in total. The fourth-order valence-electron chi connectivity index (χ4n) is 0.652. The highest BCUT2D eigenvalue weighted by Gasteiger charge is 2.05. The molecule has 0 radical (unpaired) electrons. The second kappa shape index (κ2) is 3.78. The summed E-state index contributed by atoms with van der Waals surface area (Å²) in [6, 6.07) is 0. The van der Waals surface area contributed by atoms with E-state index in [4.69, 9.17) is 0 Å². The molecule has 0 spiro atoms. The molecule has 1 aliphatic heterocycles. The van der Waals surface area contributed by atoms with Gasteiger partial charge in [-0.1, -0.05) is 6.08 Å². The zero-order chi connectivity index (χ0) is 8.10. The number of rotatable bonds is 1. The SMILES string of the molecule is CNC(=O)C1=COOCC=C1. The largest absolute Gasteiger partial charge is 0.355 e. The third-order valence-corrected chi connectivity index (χ3v) is 1.19. The van der Waals surface area contributed by atoms with Gasteiger partial charge in [-0.15, -0.1) is 0 Å². The summed E-state index contributed by atoms with van der Waals surface area (Å²) in [5.74, 6) is -0.188. The van der Waals surface area contributed by atoms with Crippen molar-refractivity contribution in [2.24, 2.45) is 0 Å². The molecule has 1 amide bonds. The Morgan fingerprint density at radius 2 is 2.55 bits per heavy atom. The molecule has 1 aliphatic rings. The number of hydrogen-bond acceptors (Lipinski definition) is 3. The molecule has 60 valence electrons. The lowest BCUT2D eigenvalue weighted by molar-refractivity contribution is -0.238. The maximum Gasteiger partial charge on any atom is 0.254 e. The minimum atomic E-state index is -0.188. The van der Waals surface area contributed by atoms with Crippen molar-refractivity contribution in [3.8, 4) is 0 Å². The van der Waals surface area contributed by atoms with Crippen molar-refractivity contribution in [3.05, 3.63) is 24.0 Å². The van der Waals surface area contributed by atoms with E-state index in [1.165, 1.54) is 6.26 Å². The zero-order valence-corrected chi connectivity index (χ0v) is 6.16. The van der Waals surface area contributed by atoms with Crippen LogP contribution in [0.4, 0.5) is 0 Å². The van der Waals surface area contributed by atoms with Gasteiger partial charge in [-0.3, -0.25) is 4.79 Å². The van der Waals surface area contributed by atoms with Gasteiger partial charge in [0.25, 0.3) is 5.91 Å². The minimum Gasteiger partial charge on any atom is -0.355 e. The maximum atomic E-state index is 11.0. The zero-order valence-electron chi connectivity index (χ0n) is 6.16. The van der Waals surface area contributed by atoms with Gasteiger partial charge < -0.3 is 10.2 Å². The molecule has 11 heavy (non-hydrogen) atoms. The molecule has 0 bridgehead atoms. The monoisotopic (exact) mass is 155 g/mol. The Bertz CT molecular complexity index is 208. The van der Waals surface area contributed by atoms with Crippen LogP contribution in [-0.2, 0) is 14.6 Å². The molecule has 0 atom stereocenters. The second-order valence-electron chi connectivity index (χ2n) is 1.94. The van der Waals surface area contributed by atoms with Crippen molar-refractivity contribution in [2.45, 2.75) is 0 Å². The topological polar surface area (TPSA) is 47.6 Å². The van der Waals surface area contributed by atoms with Crippen molar-refractivity contribution in [2.75, 3.05) is 13.7 Å². The standard InChI is InChI=1S/C7H9NO3/c1-8-7(9)6-3-2-4-10-11-5-6/h2-3,5H,4H2,1H3,(H,8,9). The fourth-order valence-corrected chi connectivity index (χ4v) is 0.652. The lowest BCUT2D eigenvalue weighted by atomic mass is 10.2. The summed E-state index contributed by atoms with van der Waals surface area (Å²) in [7, 11) is 1.56. The van der Waals surface area contributed by atoms with Crippen LogP contribution in [0, 0.1) is 0 Å². The highest BCUT2D eigenvalue weighted by molar-refractivity contribution is 5.95. The average molecular weight is 155 g/mol. The quantitative estimate of drug-likeness (QED) is 0.548. The van der Waals surface area contributed by atoms with Gasteiger partial charge in [0, 0.05) is 7.05 Å². The molecule has 0 saturated heterocycles. The third kappa shape index (κ3) is 2.09. The number of carbonyl (C=O) groups is 1. The van der Waals surface area contributed by atoms with Crippen LogP contribution >= 0.6 is 0 Å². The average Bonchev–Trinajstić information content (AvgIpc) is 2.30. The highest BCUT2D eigenvalue weighted by Crippen LogP contribution is 2.01. The summed E-state index contributed by atoms with van der Waals surface area (Å²) >= 11 is 0. The van der Waals surface area contributed by atoms with Crippen LogP contribution in [0.1, 0.15) is 0 Å². The maximum absolute atomic E-state index is 11.0. The first-order chi connectivity index (χ1) is 5.34. The molecule has 0 aliphatic carbocycles. The first-order valence-electron chi connectivity index (χ1n) is 3.21. The van der Waals surface area contributed by atoms with Gasteiger partial charge in [-0.25, -0.2) is 0 Å². The molecule has 0 aromatic carbocycles. The predicted molar refractivity (Wildman–Crippen MR) is 38.3 cm³/mol. The molecule has 0 fully saturated rings. The Morgan fingerprint density at radius 3 is 3.27 bits per heavy atom. The lowest BCUT2D eigenvalue weighted by Crippen LogP contribution is -2.18. The van der Waals surface area contributed by atoms with E-state index < -0.39 is 0 Å². The van der Waals surface area contributed by atoms with Gasteiger partial charge in [-0.05, 0) is 6.08 Å². The van der Waals surface area contributed by atoms with E-state index in [-0.39, 0.29) is 5.91 Å². The van der Waals surface area contributed by atoms with E-state index in [9.17, 15) is 4.79 Å². The molecule has 0 unspecified atom stereocenters. The molecule has 1 rings (SSSR count). The van der Waals surface area contributed by atoms with Crippen molar-refractivity contribution < 1.29 is 14.6 Å². The Balaban J connectivity index is 2.67. The van der Waals surface area contributed by atoms with Gasteiger partial charge in [0.1, 0.15) is 12.9 Å². The van der Waals surface area contributed by atoms with Crippen LogP contribution in [0.5, 0.6) is 0 Å². The first-order valence-corrected chi connectivity index (χ1v) is 3.21. The fraction of sp³-hybridized carbons (Fsp3) is 0.286. The Kier molecular flexibility index (Phi) is 2.68. The molecule has 1 heterocycles. The Labute approximate surface area is 64.4 Å². The van der Waals surface area contributed by atoms with Crippen molar-refractivity contribution in [3.63, 3.8) is 0 Å². The Morgan fingerprint density at radius 1 is 1.73 bits per heavy atom. The van der Waals surface area contributed by atoms with Gasteiger partial charge in [0.2, 0.25) is 0 Å². The summed E-state index contributed by atoms with van der Waals surface area (Å²) in [4.78, 5) is 20.1. The van der Waals surface area contributed by atoms with Crippen molar-refractivity contribution in [1.82, 2.24) is 5.32 Å². The smallest absolute Gasteiger partial charge is 0.254 e. The highest BCUT2D eigenvalue weighted by atomic mass is 17.2. The first kappa shape index (κ1) is 7.81. The summed E-state index contributed by atoms with van der Waals surface area (Å²) in [6.07, 6.45) is 4.61. The summed E-state index contributed by atoms with van der Waals surface area (Å²) in [5.41, 5.74) is 0.449. The van der Waals surface area contributed by atoms with Gasteiger partial charge in [-0.2, -0.15) is 4.89 Å². The minimum absolute atomic E-state index is 0.188. The van der Waals surface area contributed by atoms with E-state index >= 15 is 0 Å². The molecular formula is C7H9NO3. The summed E-state index contributed by atoms with van der Waals surface area (Å²) < 4.78 is 0. The number of likely N-dealkylation sites (N-methyl/N-ethyl adjacent to an activating group) is 1. The van der Waals surface area contributed by atoms with Crippen LogP contribution in [0.2, 0.25) is 0 Å². The Hall–Kier alpha value is -1.29. The van der Waals surface area contributed by atoms with E-state index in [0.29, 0.717) is 12.2 Å². The van der Waals surface area contributed by atoms with Gasteiger partial charge >= 0.3 is 0 Å². The van der Waals surface area contributed by atoms with Crippen LogP contribution in [0.15, 0.2) is 24.0 Å². The van der Waals surface area contributed by atoms with Crippen LogP contribution in [0.3, 0.4) is 0 Å². The second-order valence-corrected chi connectivity index (χ2v) is 1.94. The number of amides is 1. The van der Waals surface area contributed by atoms with E-state index in [1.807, 2.05) is 0 Å². The van der Waals surface area contributed by atoms with Gasteiger partial charge in [0.15, 0.2) is 0 Å². The number of hydrogen-bond donors (Lipinski definition) is 1. The van der Waals surface area contributed by atoms with Gasteiger partial charge in [0.05, 0.1) is 5.57 Å². The summed E-state index contributed by atoms with van der Waals surface area (Å²) in [6.45, 7) is 0.358. The van der Waals surface area contributed by atoms with E-state index in [2.05, 4.69) is 15.1 Å². The number of nitrogens with one attached hydrogen (secondary N) is 1. The van der Waals surface area contributed by atoms with Crippen LogP contribution in [-0.4, -0.2) is 19.6 Å².